The van der Waals surface area contributed by atoms with Crippen molar-refractivity contribution in [2.45, 2.75) is 17.3 Å². The highest BCUT2D eigenvalue weighted by molar-refractivity contribution is 7.93. The average molecular weight is 401 g/mol. The highest BCUT2D eigenvalue weighted by Gasteiger charge is 2.42. The summed E-state index contributed by atoms with van der Waals surface area (Å²) in [6.45, 7) is 2.03. The van der Waals surface area contributed by atoms with E-state index >= 15 is 0 Å². The molecule has 0 fully saturated rings. The van der Waals surface area contributed by atoms with E-state index in [1.165, 1.54) is 7.11 Å². The summed E-state index contributed by atoms with van der Waals surface area (Å²) in [4.78, 5) is 6.02. The van der Waals surface area contributed by atoms with Gasteiger partial charge in [0, 0.05) is 12.7 Å². The van der Waals surface area contributed by atoms with E-state index in [0.29, 0.717) is 21.3 Å². The fourth-order valence-corrected chi connectivity index (χ4v) is 4.48. The van der Waals surface area contributed by atoms with Crippen LogP contribution in [0.15, 0.2) is 52.5 Å². The fraction of sp³-hybridized carbons (Fsp3) is 0.278. The summed E-state index contributed by atoms with van der Waals surface area (Å²) < 4.78 is 11.5. The van der Waals surface area contributed by atoms with Crippen LogP contribution < -0.4 is 0 Å². The van der Waals surface area contributed by atoms with E-state index in [4.69, 9.17) is 37.0 Å². The second-order valence-electron chi connectivity index (χ2n) is 5.10. The molecule has 0 spiro atoms. The maximum absolute atomic E-state index is 6.36. The van der Waals surface area contributed by atoms with Gasteiger partial charge in [0.1, 0.15) is 7.11 Å². The van der Waals surface area contributed by atoms with E-state index in [2.05, 4.69) is 5.16 Å². The summed E-state index contributed by atoms with van der Waals surface area (Å²) in [5, 5.41) is 5.08. The van der Waals surface area contributed by atoms with Crippen molar-refractivity contribution in [2.24, 2.45) is 5.16 Å². The first-order chi connectivity index (χ1) is 12.0. The minimum Gasteiger partial charge on any atom is -0.399 e. The van der Waals surface area contributed by atoms with Crippen LogP contribution in [-0.4, -0.2) is 32.5 Å². The predicted octanol–water partition coefficient (Wildman–Crippen LogP) is 4.86. The number of benzene rings is 2. The van der Waals surface area contributed by atoms with Gasteiger partial charge < -0.3 is 9.57 Å². The lowest BCUT2D eigenvalue weighted by molar-refractivity contribution is 0.186. The highest BCUT2D eigenvalue weighted by atomic mass is 35.5. The third-order valence-corrected chi connectivity index (χ3v) is 6.00. The Bertz CT molecular complexity index is 717. The van der Waals surface area contributed by atoms with Crippen LogP contribution in [0.3, 0.4) is 0 Å². The Kier molecular flexibility index (Phi) is 7.59. The zero-order valence-corrected chi connectivity index (χ0v) is 16.8. The number of hydrogen-bond donors (Lipinski definition) is 0. The van der Waals surface area contributed by atoms with Gasteiger partial charge in [-0.1, -0.05) is 52.1 Å². The smallest absolute Gasteiger partial charge is 0.303 e. The molecule has 0 aliphatic carbocycles. The molecule has 0 saturated heterocycles. The summed E-state index contributed by atoms with van der Waals surface area (Å²) in [6, 6.07) is 13.3. The Morgan fingerprint density at radius 2 is 1.60 bits per heavy atom. The van der Waals surface area contributed by atoms with Gasteiger partial charge in [0.05, 0.1) is 17.2 Å². The SMILES string of the molecule is CO/N=C(/c1c(Cl)cccc1Cl)C(OC)[S+](OC)c1ccc(C)cc1. The van der Waals surface area contributed by atoms with Gasteiger partial charge in [0.25, 0.3) is 0 Å². The number of methoxy groups -OCH3 is 1. The van der Waals surface area contributed by atoms with Crippen LogP contribution >= 0.6 is 23.2 Å². The molecule has 0 aromatic heterocycles. The zero-order chi connectivity index (χ0) is 18.4. The molecule has 2 unspecified atom stereocenters. The minimum absolute atomic E-state index is 0.467. The first kappa shape index (κ1) is 20.1. The number of hydrogen-bond acceptors (Lipinski definition) is 4. The molecule has 0 radical (unpaired) electrons. The zero-order valence-electron chi connectivity index (χ0n) is 14.5. The van der Waals surface area contributed by atoms with E-state index in [9.17, 15) is 0 Å². The minimum atomic E-state index is -0.740. The van der Waals surface area contributed by atoms with Gasteiger partial charge in [-0.3, -0.25) is 0 Å². The average Bonchev–Trinajstić information content (AvgIpc) is 2.60. The van der Waals surface area contributed by atoms with Gasteiger partial charge in [0.2, 0.25) is 11.2 Å². The lowest BCUT2D eigenvalue weighted by atomic mass is 10.1. The lowest BCUT2D eigenvalue weighted by Crippen LogP contribution is -2.34. The lowest BCUT2D eigenvalue weighted by Gasteiger charge is -2.17. The Morgan fingerprint density at radius 1 is 1.00 bits per heavy atom. The van der Waals surface area contributed by atoms with E-state index in [-0.39, 0.29) is 0 Å². The van der Waals surface area contributed by atoms with Crippen molar-refractivity contribution in [2.75, 3.05) is 21.3 Å². The summed E-state index contributed by atoms with van der Waals surface area (Å²) in [5.41, 5.74) is 1.68. The fourth-order valence-electron chi connectivity index (χ4n) is 2.33. The van der Waals surface area contributed by atoms with Crippen LogP contribution in [0.4, 0.5) is 0 Å². The number of aryl methyl sites for hydroxylation is 1. The molecule has 2 aromatic carbocycles. The molecule has 134 valence electrons. The Hall–Kier alpha value is -1.24. The van der Waals surface area contributed by atoms with Crippen molar-refractivity contribution >= 4 is 40.1 Å². The van der Waals surface area contributed by atoms with Crippen LogP contribution in [0.25, 0.3) is 0 Å². The van der Waals surface area contributed by atoms with Crippen molar-refractivity contribution in [1.82, 2.24) is 0 Å². The number of ether oxygens (including phenoxy) is 1. The van der Waals surface area contributed by atoms with E-state index < -0.39 is 16.6 Å². The third-order valence-electron chi connectivity index (χ3n) is 3.47. The Morgan fingerprint density at radius 3 is 2.08 bits per heavy atom. The van der Waals surface area contributed by atoms with Crippen LogP contribution in [0.2, 0.25) is 10.0 Å². The van der Waals surface area contributed by atoms with Crippen molar-refractivity contribution in [3.05, 3.63) is 63.6 Å². The molecule has 2 atom stereocenters. The van der Waals surface area contributed by atoms with Gasteiger partial charge in [0.15, 0.2) is 10.6 Å². The molecule has 0 amide bonds. The summed E-state index contributed by atoms with van der Waals surface area (Å²) >= 11 is 12.0. The molecule has 0 bridgehead atoms. The molecule has 0 heterocycles. The van der Waals surface area contributed by atoms with Crippen molar-refractivity contribution in [1.29, 1.82) is 0 Å². The van der Waals surface area contributed by atoms with Gasteiger partial charge in [-0.05, 0) is 31.2 Å². The molecule has 0 aliphatic heterocycles. The maximum atomic E-state index is 6.36. The number of nitrogens with zero attached hydrogens (tertiary/aromatic N) is 1. The highest BCUT2D eigenvalue weighted by Crippen LogP contribution is 2.31. The van der Waals surface area contributed by atoms with E-state index in [1.807, 2.05) is 31.2 Å². The van der Waals surface area contributed by atoms with Crippen molar-refractivity contribution < 1.29 is 13.8 Å². The maximum Gasteiger partial charge on any atom is 0.303 e. The first-order valence-electron chi connectivity index (χ1n) is 7.46. The van der Waals surface area contributed by atoms with Crippen LogP contribution in [0.5, 0.6) is 0 Å². The quantitative estimate of drug-likeness (QED) is 0.378. The Balaban J connectivity index is 2.53. The molecule has 2 aromatic rings. The van der Waals surface area contributed by atoms with Gasteiger partial charge >= 0.3 is 5.44 Å². The second-order valence-corrected chi connectivity index (χ2v) is 7.74. The number of oxime groups is 1. The summed E-state index contributed by atoms with van der Waals surface area (Å²) in [5.74, 6) is 0. The molecule has 0 saturated carbocycles. The Labute approximate surface area is 161 Å². The topological polar surface area (TPSA) is 40.0 Å². The molecule has 4 nitrogen and oxygen atoms in total. The van der Waals surface area contributed by atoms with Crippen LogP contribution in [-0.2, 0) is 24.9 Å². The second kappa shape index (κ2) is 9.46. The molecule has 2 rings (SSSR count). The third kappa shape index (κ3) is 4.68. The van der Waals surface area contributed by atoms with Gasteiger partial charge in [-0.25, -0.2) is 0 Å². The molecule has 25 heavy (non-hydrogen) atoms. The largest absolute Gasteiger partial charge is 0.399 e. The molecular formula is C18H20Cl2NO3S+. The number of rotatable bonds is 7. The monoisotopic (exact) mass is 400 g/mol. The van der Waals surface area contributed by atoms with Crippen LogP contribution in [0.1, 0.15) is 11.1 Å². The van der Waals surface area contributed by atoms with E-state index in [0.717, 1.165) is 10.5 Å². The van der Waals surface area contributed by atoms with Crippen molar-refractivity contribution in [3.8, 4) is 0 Å². The first-order valence-corrected chi connectivity index (χ1v) is 9.42. The number of halogens is 2. The normalized spacial score (nSPS) is 14.2. The molecule has 0 N–H and O–H groups in total. The molecule has 0 aliphatic rings. The summed E-state index contributed by atoms with van der Waals surface area (Å²) in [7, 11) is 4.69. The van der Waals surface area contributed by atoms with Crippen LogP contribution in [0, 0.1) is 6.92 Å². The van der Waals surface area contributed by atoms with E-state index in [1.54, 1.807) is 32.4 Å². The molecular weight excluding hydrogens is 381 g/mol. The van der Waals surface area contributed by atoms with Gasteiger partial charge in [-0.15, -0.1) is 0 Å². The van der Waals surface area contributed by atoms with Crippen molar-refractivity contribution in [3.63, 3.8) is 0 Å². The molecule has 7 heteroatoms. The summed E-state index contributed by atoms with van der Waals surface area (Å²) in [6.07, 6.45) is 0. The predicted molar refractivity (Wildman–Crippen MR) is 105 cm³/mol. The van der Waals surface area contributed by atoms with Gasteiger partial charge in [-0.2, -0.15) is 4.18 Å². The standard InChI is InChI=1S/C18H20Cl2NO3S/c1-12-8-10-13(11-9-12)25(24-4)18(22-2)17(21-23-3)16-14(19)6-5-7-15(16)20/h5-11,18H,1-4H3/q+1/b21-17-.